The minimum atomic E-state index is -4.51. The molecule has 0 aromatic heterocycles. The van der Waals surface area contributed by atoms with E-state index >= 15 is 0 Å². The van der Waals surface area contributed by atoms with Gasteiger partial charge in [-0.25, -0.2) is 4.57 Å². The first-order valence-corrected chi connectivity index (χ1v) is 22.0. The molecule has 0 rings (SSSR count). The van der Waals surface area contributed by atoms with Crippen molar-refractivity contribution in [1.82, 2.24) is 0 Å². The molecule has 51 heavy (non-hydrogen) atoms. The standard InChI is InChI=1S/C41H77O9P/c1-3-5-7-9-11-13-15-17-18-19-20-21-23-25-27-29-31-33-41(44)50-40(38-49-51(45,46)48-36-39(43)35-42)37-47-34-32-30-28-26-24-22-16-14-12-10-8-6-4-2/h5,7,11,13,17-18,39-40,42-43H,3-4,6,8-10,12,14-16,19-38H2,1-2H3,(H,45,46)/b7-5-,13-11-,18-17-. The number of ether oxygens (including phenoxy) is 2. The molecule has 0 spiro atoms. The summed E-state index contributed by atoms with van der Waals surface area (Å²) in [7, 11) is -4.51. The maximum atomic E-state index is 12.6. The van der Waals surface area contributed by atoms with E-state index < -0.39 is 39.2 Å². The molecule has 0 aromatic carbocycles. The fraction of sp³-hybridized carbons (Fsp3) is 0.829. The van der Waals surface area contributed by atoms with Gasteiger partial charge in [0.25, 0.3) is 0 Å². The molecule has 0 amide bonds. The quantitative estimate of drug-likeness (QED) is 0.0243. The van der Waals surface area contributed by atoms with Crippen molar-refractivity contribution in [2.45, 2.75) is 187 Å². The number of aliphatic hydroxyl groups is 2. The van der Waals surface area contributed by atoms with E-state index in [0.29, 0.717) is 6.61 Å². The third kappa shape index (κ3) is 38.2. The lowest BCUT2D eigenvalue weighted by Crippen LogP contribution is -2.29. The molecule has 0 aliphatic carbocycles. The van der Waals surface area contributed by atoms with E-state index in [1.807, 2.05) is 0 Å². The second-order valence-corrected chi connectivity index (χ2v) is 15.1. The molecule has 0 aliphatic heterocycles. The number of phosphoric ester groups is 1. The number of allylic oxidation sites excluding steroid dienone is 6. The van der Waals surface area contributed by atoms with Gasteiger partial charge in [0.05, 0.1) is 26.4 Å². The van der Waals surface area contributed by atoms with Crippen molar-refractivity contribution < 1.29 is 43.0 Å². The molecule has 0 bridgehead atoms. The van der Waals surface area contributed by atoms with Gasteiger partial charge in [0.2, 0.25) is 0 Å². The van der Waals surface area contributed by atoms with Gasteiger partial charge < -0.3 is 24.6 Å². The minimum absolute atomic E-state index is 0.0474. The Labute approximate surface area is 312 Å². The average molecular weight is 745 g/mol. The molecule has 0 saturated carbocycles. The van der Waals surface area contributed by atoms with Crippen LogP contribution in [0.2, 0.25) is 0 Å². The highest BCUT2D eigenvalue weighted by atomic mass is 31.2. The van der Waals surface area contributed by atoms with Gasteiger partial charge in [-0.05, 0) is 44.9 Å². The summed E-state index contributed by atoms with van der Waals surface area (Å²) < 4.78 is 33.3. The molecule has 10 heteroatoms. The number of rotatable bonds is 39. The summed E-state index contributed by atoms with van der Waals surface area (Å²) in [4.78, 5) is 22.5. The zero-order valence-electron chi connectivity index (χ0n) is 32.6. The van der Waals surface area contributed by atoms with Crippen molar-refractivity contribution in [2.24, 2.45) is 0 Å². The number of unbranched alkanes of at least 4 members (excludes halogenated alkanes) is 19. The summed E-state index contributed by atoms with van der Waals surface area (Å²) >= 11 is 0. The SMILES string of the molecule is CC/C=C\C/C=C\C/C=C\CCCCCCCCCC(=O)OC(COCCCCCCCCCCCCCCC)COP(=O)(O)OCC(O)CO. The van der Waals surface area contributed by atoms with Gasteiger partial charge in [0.15, 0.2) is 0 Å². The van der Waals surface area contributed by atoms with Gasteiger partial charge in [-0.2, -0.15) is 0 Å². The Hall–Kier alpha value is -1.32. The summed E-state index contributed by atoms with van der Waals surface area (Å²) in [5.74, 6) is -0.392. The van der Waals surface area contributed by atoms with Crippen LogP contribution in [0, 0.1) is 0 Å². The molecule has 0 aromatic rings. The van der Waals surface area contributed by atoms with Crippen molar-refractivity contribution in [2.75, 3.05) is 33.0 Å². The Balaban J connectivity index is 4.20. The number of aliphatic hydroxyl groups excluding tert-OH is 2. The van der Waals surface area contributed by atoms with Crippen molar-refractivity contribution in [3.63, 3.8) is 0 Å². The number of carbonyl (C=O) groups is 1. The van der Waals surface area contributed by atoms with Crippen LogP contribution in [0.3, 0.4) is 0 Å². The van der Waals surface area contributed by atoms with E-state index in [2.05, 4.69) is 50.3 Å². The highest BCUT2D eigenvalue weighted by molar-refractivity contribution is 7.47. The predicted octanol–water partition coefficient (Wildman–Crippen LogP) is 10.9. The lowest BCUT2D eigenvalue weighted by molar-refractivity contribution is -0.154. The van der Waals surface area contributed by atoms with E-state index in [9.17, 15) is 19.4 Å². The van der Waals surface area contributed by atoms with E-state index in [0.717, 1.165) is 64.2 Å². The Morgan fingerprint density at radius 2 is 1.12 bits per heavy atom. The summed E-state index contributed by atoms with van der Waals surface area (Å²) in [6.45, 7) is 3.40. The van der Waals surface area contributed by atoms with Crippen LogP contribution in [-0.2, 0) is 27.9 Å². The first-order chi connectivity index (χ1) is 24.8. The third-order valence-corrected chi connectivity index (χ3v) is 9.54. The third-order valence-electron chi connectivity index (χ3n) is 8.59. The molecular formula is C41H77O9P. The van der Waals surface area contributed by atoms with Gasteiger partial charge in [-0.1, -0.05) is 159 Å². The first kappa shape index (κ1) is 49.7. The highest BCUT2D eigenvalue weighted by Crippen LogP contribution is 2.43. The van der Waals surface area contributed by atoms with Crippen LogP contribution in [0.5, 0.6) is 0 Å². The minimum Gasteiger partial charge on any atom is -0.457 e. The number of carbonyl (C=O) groups excluding carboxylic acids is 1. The average Bonchev–Trinajstić information content (AvgIpc) is 3.12. The molecule has 0 saturated heterocycles. The molecule has 3 unspecified atom stereocenters. The molecule has 3 N–H and O–H groups in total. The summed E-state index contributed by atoms with van der Waals surface area (Å²) in [5, 5.41) is 18.3. The summed E-state index contributed by atoms with van der Waals surface area (Å²) in [6.07, 6.45) is 39.5. The normalized spacial score (nSPS) is 14.5. The molecule has 300 valence electrons. The topological polar surface area (TPSA) is 132 Å². The van der Waals surface area contributed by atoms with Gasteiger partial charge in [-0.15, -0.1) is 0 Å². The van der Waals surface area contributed by atoms with Crippen molar-refractivity contribution in [3.05, 3.63) is 36.5 Å². The van der Waals surface area contributed by atoms with Crippen LogP contribution in [0.15, 0.2) is 36.5 Å². The maximum absolute atomic E-state index is 12.6. The van der Waals surface area contributed by atoms with E-state index in [1.165, 1.54) is 89.9 Å². The van der Waals surface area contributed by atoms with E-state index in [1.54, 1.807) is 0 Å². The second kappa shape index (κ2) is 38.4. The fourth-order valence-corrected chi connectivity index (χ4v) is 6.28. The molecule has 0 aliphatic rings. The van der Waals surface area contributed by atoms with Crippen LogP contribution in [0.25, 0.3) is 0 Å². The predicted molar refractivity (Wildman–Crippen MR) is 210 cm³/mol. The Bertz CT molecular complexity index is 892. The largest absolute Gasteiger partial charge is 0.472 e. The van der Waals surface area contributed by atoms with Gasteiger partial charge in [-0.3, -0.25) is 13.8 Å². The number of phosphoric acid groups is 1. The van der Waals surface area contributed by atoms with Crippen LogP contribution >= 0.6 is 7.82 Å². The lowest BCUT2D eigenvalue weighted by atomic mass is 10.0. The molecule has 3 atom stereocenters. The zero-order chi connectivity index (χ0) is 37.5. The number of hydrogen-bond donors (Lipinski definition) is 3. The van der Waals surface area contributed by atoms with Crippen LogP contribution < -0.4 is 0 Å². The zero-order valence-corrected chi connectivity index (χ0v) is 33.5. The van der Waals surface area contributed by atoms with Crippen molar-refractivity contribution in [3.8, 4) is 0 Å². The smallest absolute Gasteiger partial charge is 0.457 e. The Morgan fingerprint density at radius 3 is 1.69 bits per heavy atom. The lowest BCUT2D eigenvalue weighted by Gasteiger charge is -2.20. The van der Waals surface area contributed by atoms with Gasteiger partial charge in [0.1, 0.15) is 12.2 Å². The molecule has 0 radical (unpaired) electrons. The summed E-state index contributed by atoms with van der Waals surface area (Å²) in [5.41, 5.74) is 0. The van der Waals surface area contributed by atoms with Crippen molar-refractivity contribution in [1.29, 1.82) is 0 Å². The fourth-order valence-electron chi connectivity index (χ4n) is 5.49. The van der Waals surface area contributed by atoms with Gasteiger partial charge >= 0.3 is 13.8 Å². The Morgan fingerprint density at radius 1 is 0.627 bits per heavy atom. The first-order valence-electron chi connectivity index (χ1n) is 20.5. The van der Waals surface area contributed by atoms with Crippen LogP contribution in [-0.4, -0.2) is 66.3 Å². The Kier molecular flexibility index (Phi) is 37.4. The monoisotopic (exact) mass is 745 g/mol. The second-order valence-electron chi connectivity index (χ2n) is 13.6. The summed E-state index contributed by atoms with van der Waals surface area (Å²) in [6, 6.07) is 0. The molecule has 0 fully saturated rings. The molecule has 9 nitrogen and oxygen atoms in total. The maximum Gasteiger partial charge on any atom is 0.472 e. The van der Waals surface area contributed by atoms with Crippen molar-refractivity contribution >= 4 is 13.8 Å². The number of esters is 1. The van der Waals surface area contributed by atoms with E-state index in [-0.39, 0.29) is 19.6 Å². The highest BCUT2D eigenvalue weighted by Gasteiger charge is 2.26. The molecule has 0 heterocycles. The van der Waals surface area contributed by atoms with E-state index in [4.69, 9.17) is 23.6 Å². The van der Waals surface area contributed by atoms with Gasteiger partial charge in [0, 0.05) is 13.0 Å². The number of hydrogen-bond acceptors (Lipinski definition) is 8. The molecular weight excluding hydrogens is 667 g/mol. The van der Waals surface area contributed by atoms with Crippen LogP contribution in [0.1, 0.15) is 174 Å². The van der Waals surface area contributed by atoms with Crippen LogP contribution in [0.4, 0.5) is 0 Å².